The van der Waals surface area contributed by atoms with E-state index in [0.29, 0.717) is 29.7 Å². The summed E-state index contributed by atoms with van der Waals surface area (Å²) in [6, 6.07) is 0.769. The lowest BCUT2D eigenvalue weighted by atomic mass is 10.4. The Morgan fingerprint density at radius 1 is 0.857 bits per heavy atom. The van der Waals surface area contributed by atoms with Crippen molar-refractivity contribution in [3.05, 3.63) is 0 Å². The minimum atomic E-state index is -2.59. The van der Waals surface area contributed by atoms with Gasteiger partial charge in [0.2, 0.25) is 0 Å². The van der Waals surface area contributed by atoms with Crippen LogP contribution in [0.25, 0.3) is 0 Å². The molecule has 0 saturated heterocycles. The number of hydrogen-bond donors (Lipinski definition) is 0. The molecule has 0 radical (unpaired) electrons. The van der Waals surface area contributed by atoms with E-state index < -0.39 is 17.0 Å². The Morgan fingerprint density at radius 3 is 1.68 bits per heavy atom. The van der Waals surface area contributed by atoms with Crippen LogP contribution in [0.1, 0.15) is 61.3 Å². The minimum Gasteiger partial charge on any atom is -0.466 e. The molecule has 0 atom stereocenters. The van der Waals surface area contributed by atoms with Gasteiger partial charge < -0.3 is 22.6 Å². The van der Waals surface area contributed by atoms with E-state index in [0.717, 1.165) is 25.6 Å². The molecule has 0 fully saturated rings. The van der Waals surface area contributed by atoms with Gasteiger partial charge in [0.05, 0.1) is 13.0 Å². The molecule has 168 valence electrons. The largest absolute Gasteiger partial charge is 0.500 e. The van der Waals surface area contributed by atoms with Gasteiger partial charge in [-0.15, -0.1) is 0 Å². The molecular weight excluding hydrogens is 390 g/mol. The Bertz CT molecular complexity index is 412. The summed E-state index contributed by atoms with van der Waals surface area (Å²) in [6.45, 7) is 18.1. The van der Waals surface area contributed by atoms with Crippen LogP contribution in [0, 0.1) is 0 Å². The molecule has 0 aliphatic carbocycles. The molecule has 0 spiro atoms. The summed E-state index contributed by atoms with van der Waals surface area (Å²) in [6.07, 6.45) is 1.36. The topological polar surface area (TPSA) is 57.2 Å². The average Bonchev–Trinajstić information content (AvgIpc) is 2.63. The van der Waals surface area contributed by atoms with Crippen LogP contribution in [0.5, 0.6) is 0 Å². The van der Waals surface area contributed by atoms with E-state index >= 15 is 0 Å². The van der Waals surface area contributed by atoms with Crippen LogP contribution in [-0.2, 0) is 22.8 Å². The van der Waals surface area contributed by atoms with Crippen LogP contribution in [0.3, 0.4) is 0 Å². The lowest BCUT2D eigenvalue weighted by molar-refractivity contribution is -0.143. The predicted molar refractivity (Wildman–Crippen MR) is 120 cm³/mol. The van der Waals surface area contributed by atoms with Crippen molar-refractivity contribution in [3.63, 3.8) is 0 Å². The normalized spacial score (nSPS) is 13.2. The summed E-state index contributed by atoms with van der Waals surface area (Å²) in [5, 5.41) is 0. The Morgan fingerprint density at radius 2 is 1.32 bits per heavy atom. The Kier molecular flexibility index (Phi) is 13.0. The summed E-state index contributed by atoms with van der Waals surface area (Å²) in [5.74, 6) is -0.110. The molecule has 0 aromatic heterocycles. The van der Waals surface area contributed by atoms with E-state index in [1.807, 2.05) is 6.92 Å². The van der Waals surface area contributed by atoms with Crippen molar-refractivity contribution < 1.29 is 22.8 Å². The van der Waals surface area contributed by atoms with Gasteiger partial charge in [-0.1, -0.05) is 41.5 Å². The first-order valence-corrected chi connectivity index (χ1v) is 14.7. The standard InChI is InChI=1S/C20H45NO5Si2/c1-11-26-20(22)13-15-21(14-12-16-27(23-8,24-9)25-10)28(17(2)3,18(4)5)19(6)7/h17-19H,11-16H2,1-10H3. The highest BCUT2D eigenvalue weighted by molar-refractivity contribution is 6.81. The summed E-state index contributed by atoms with van der Waals surface area (Å²) in [7, 11) is 0.539. The molecule has 0 unspecified atom stereocenters. The van der Waals surface area contributed by atoms with E-state index in [9.17, 15) is 4.79 Å². The quantitative estimate of drug-likeness (QED) is 0.275. The van der Waals surface area contributed by atoms with Crippen molar-refractivity contribution in [1.82, 2.24) is 4.57 Å². The van der Waals surface area contributed by atoms with E-state index in [2.05, 4.69) is 46.1 Å². The molecule has 0 aliphatic rings. The summed E-state index contributed by atoms with van der Waals surface area (Å²) < 4.78 is 24.6. The summed E-state index contributed by atoms with van der Waals surface area (Å²) in [5.41, 5.74) is 1.76. The number of carbonyl (C=O) groups is 1. The maximum absolute atomic E-state index is 12.1. The van der Waals surface area contributed by atoms with Crippen LogP contribution >= 0.6 is 0 Å². The third-order valence-electron chi connectivity index (χ3n) is 6.06. The van der Waals surface area contributed by atoms with E-state index in [-0.39, 0.29) is 5.97 Å². The van der Waals surface area contributed by atoms with E-state index in [1.54, 1.807) is 21.3 Å². The fourth-order valence-electron chi connectivity index (χ4n) is 5.10. The Hall–Kier alpha value is -0.256. The summed E-state index contributed by atoms with van der Waals surface area (Å²) >= 11 is 0. The fourth-order valence-corrected chi connectivity index (χ4v) is 14.0. The second-order valence-electron chi connectivity index (χ2n) is 8.29. The lowest BCUT2D eigenvalue weighted by Crippen LogP contribution is -2.61. The minimum absolute atomic E-state index is 0.110. The second-order valence-corrected chi connectivity index (χ2v) is 17.3. The number of hydrogen-bond acceptors (Lipinski definition) is 6. The highest BCUT2D eigenvalue weighted by Gasteiger charge is 2.48. The average molecular weight is 436 g/mol. The molecule has 0 bridgehead atoms. The van der Waals surface area contributed by atoms with Crippen molar-refractivity contribution in [2.24, 2.45) is 0 Å². The van der Waals surface area contributed by atoms with Gasteiger partial charge in [-0.25, -0.2) is 0 Å². The van der Waals surface area contributed by atoms with Crippen LogP contribution in [0.2, 0.25) is 22.7 Å². The molecule has 0 heterocycles. The first kappa shape index (κ1) is 27.7. The van der Waals surface area contributed by atoms with Gasteiger partial charge in [-0.3, -0.25) is 4.79 Å². The van der Waals surface area contributed by atoms with Gasteiger partial charge in [-0.05, 0) is 36.5 Å². The molecule has 0 aromatic rings. The zero-order valence-electron chi connectivity index (χ0n) is 20.0. The smallest absolute Gasteiger partial charge is 0.466 e. The fraction of sp³-hybridized carbons (Fsp3) is 0.950. The zero-order valence-corrected chi connectivity index (χ0v) is 22.0. The van der Waals surface area contributed by atoms with E-state index in [4.69, 9.17) is 18.0 Å². The number of rotatable bonds is 15. The first-order valence-electron chi connectivity index (χ1n) is 10.6. The molecule has 6 nitrogen and oxygen atoms in total. The maximum Gasteiger partial charge on any atom is 0.500 e. The molecule has 8 heteroatoms. The maximum atomic E-state index is 12.1. The third kappa shape index (κ3) is 6.91. The van der Waals surface area contributed by atoms with Crippen molar-refractivity contribution in [3.8, 4) is 0 Å². The van der Waals surface area contributed by atoms with Crippen LogP contribution in [0.15, 0.2) is 0 Å². The van der Waals surface area contributed by atoms with Crippen molar-refractivity contribution in [2.75, 3.05) is 41.0 Å². The molecule has 0 N–H and O–H groups in total. The third-order valence-corrected chi connectivity index (χ3v) is 16.0. The molecular formula is C20H45NO5Si2. The van der Waals surface area contributed by atoms with Crippen LogP contribution in [-0.4, -0.2) is 68.6 Å². The van der Waals surface area contributed by atoms with Crippen LogP contribution < -0.4 is 0 Å². The Labute approximate surface area is 175 Å². The van der Waals surface area contributed by atoms with Crippen LogP contribution in [0.4, 0.5) is 0 Å². The number of ether oxygens (including phenoxy) is 1. The van der Waals surface area contributed by atoms with Gasteiger partial charge in [0.15, 0.2) is 0 Å². The molecule has 0 amide bonds. The Balaban J connectivity index is 5.57. The van der Waals surface area contributed by atoms with E-state index in [1.165, 1.54) is 0 Å². The van der Waals surface area contributed by atoms with Gasteiger partial charge in [0.25, 0.3) is 0 Å². The summed E-state index contributed by atoms with van der Waals surface area (Å²) in [4.78, 5) is 12.1. The zero-order chi connectivity index (χ0) is 22.0. The molecule has 0 aromatic carbocycles. The van der Waals surface area contributed by atoms with Gasteiger partial charge in [-0.2, -0.15) is 0 Å². The first-order chi connectivity index (χ1) is 13.1. The number of esters is 1. The SMILES string of the molecule is CCOC(=O)CCN(CCC[Si](OC)(OC)OC)[Si](C(C)C)(C(C)C)C(C)C. The number of carbonyl (C=O) groups excluding carboxylic acids is 1. The molecule has 28 heavy (non-hydrogen) atoms. The van der Waals surface area contributed by atoms with Gasteiger partial charge in [0, 0.05) is 33.9 Å². The molecule has 0 saturated carbocycles. The van der Waals surface area contributed by atoms with Crippen molar-refractivity contribution >= 4 is 23.0 Å². The van der Waals surface area contributed by atoms with Gasteiger partial charge >= 0.3 is 14.8 Å². The lowest BCUT2D eigenvalue weighted by Gasteiger charge is -2.51. The van der Waals surface area contributed by atoms with Gasteiger partial charge in [0.1, 0.15) is 8.24 Å². The second kappa shape index (κ2) is 13.1. The monoisotopic (exact) mass is 435 g/mol. The highest BCUT2D eigenvalue weighted by atomic mass is 28.4. The van der Waals surface area contributed by atoms with Crippen molar-refractivity contribution in [1.29, 1.82) is 0 Å². The molecule has 0 aliphatic heterocycles. The van der Waals surface area contributed by atoms with Crippen molar-refractivity contribution in [2.45, 2.75) is 84.0 Å². The molecule has 0 rings (SSSR count). The predicted octanol–water partition coefficient (Wildman–Crippen LogP) is 4.69. The highest BCUT2D eigenvalue weighted by Crippen LogP contribution is 2.44. The number of nitrogens with zero attached hydrogens (tertiary/aromatic N) is 1.